The summed E-state index contributed by atoms with van der Waals surface area (Å²) >= 11 is 2.13. The first-order chi connectivity index (χ1) is 11.6. The van der Waals surface area contributed by atoms with Gasteiger partial charge in [0.25, 0.3) is 0 Å². The summed E-state index contributed by atoms with van der Waals surface area (Å²) in [4.78, 5) is 18.3. The Balaban J connectivity index is 0.000000185. The van der Waals surface area contributed by atoms with E-state index in [4.69, 9.17) is 5.11 Å². The Hall–Kier alpha value is -2.28. The molecule has 2 aromatic heterocycles. The lowest BCUT2D eigenvalue weighted by Crippen LogP contribution is -1.94. The van der Waals surface area contributed by atoms with Gasteiger partial charge in [0, 0.05) is 28.4 Å². The quantitative estimate of drug-likeness (QED) is 0.627. The summed E-state index contributed by atoms with van der Waals surface area (Å²) in [6.07, 6.45) is 9.46. The maximum Gasteiger partial charge on any atom is 0.335 e. The standard InChI is InChI=1S/C12H12N2.C7H5IO2/c1(11-3-7-13-8-4-11)2-12-5-9-14-10-6-12;8-6-3-1-5(2-4-6)7(9)10/h3-10H,1-2H2;1-4H,(H,9,10). The molecule has 0 fully saturated rings. The molecule has 1 N–H and O–H groups in total. The SMILES string of the molecule is O=C(O)c1ccc(I)cc1.c1cc(CCc2ccncc2)ccn1. The molecule has 0 spiro atoms. The van der Waals surface area contributed by atoms with Gasteiger partial charge in [-0.3, -0.25) is 9.97 Å². The number of aryl methyl sites for hydroxylation is 2. The molecule has 0 saturated carbocycles. The fourth-order valence-corrected chi connectivity index (χ4v) is 2.34. The van der Waals surface area contributed by atoms with Crippen LogP contribution < -0.4 is 0 Å². The van der Waals surface area contributed by atoms with Crippen LogP contribution in [0.5, 0.6) is 0 Å². The van der Waals surface area contributed by atoms with Crippen LogP contribution in [-0.2, 0) is 12.8 Å². The Morgan fingerprint density at radius 2 is 1.21 bits per heavy atom. The molecule has 3 aromatic rings. The molecule has 0 aliphatic carbocycles. The van der Waals surface area contributed by atoms with Gasteiger partial charge >= 0.3 is 5.97 Å². The Kier molecular flexibility index (Phi) is 7.35. The van der Waals surface area contributed by atoms with Crippen molar-refractivity contribution in [2.75, 3.05) is 0 Å². The summed E-state index contributed by atoms with van der Waals surface area (Å²) in [5.74, 6) is -0.878. The minimum Gasteiger partial charge on any atom is -0.478 e. The first-order valence-corrected chi connectivity index (χ1v) is 8.49. The number of carbonyl (C=O) groups is 1. The van der Waals surface area contributed by atoms with Gasteiger partial charge < -0.3 is 5.11 Å². The van der Waals surface area contributed by atoms with Crippen molar-refractivity contribution in [1.82, 2.24) is 9.97 Å². The molecule has 122 valence electrons. The molecule has 0 bridgehead atoms. The number of carboxylic acids is 1. The average Bonchev–Trinajstić information content (AvgIpc) is 2.63. The van der Waals surface area contributed by atoms with Crippen LogP contribution in [0.15, 0.2) is 73.3 Å². The van der Waals surface area contributed by atoms with E-state index in [1.165, 1.54) is 11.1 Å². The summed E-state index contributed by atoms with van der Waals surface area (Å²) in [6, 6.07) is 14.9. The van der Waals surface area contributed by atoms with E-state index in [9.17, 15) is 4.79 Å². The van der Waals surface area contributed by atoms with Crippen LogP contribution in [0.1, 0.15) is 21.5 Å². The molecule has 0 aliphatic heterocycles. The van der Waals surface area contributed by atoms with Gasteiger partial charge in [0.1, 0.15) is 0 Å². The number of pyridine rings is 2. The maximum absolute atomic E-state index is 10.3. The summed E-state index contributed by atoms with van der Waals surface area (Å²) in [7, 11) is 0. The Labute approximate surface area is 154 Å². The number of aromatic carboxylic acids is 1. The number of rotatable bonds is 4. The van der Waals surface area contributed by atoms with Gasteiger partial charge in [-0.2, -0.15) is 0 Å². The number of nitrogens with zero attached hydrogens (tertiary/aromatic N) is 2. The number of hydrogen-bond acceptors (Lipinski definition) is 3. The van der Waals surface area contributed by atoms with Crippen molar-refractivity contribution in [1.29, 1.82) is 0 Å². The van der Waals surface area contributed by atoms with Crippen LogP contribution in [0.25, 0.3) is 0 Å². The van der Waals surface area contributed by atoms with Crippen LogP contribution in [0, 0.1) is 3.57 Å². The highest BCUT2D eigenvalue weighted by molar-refractivity contribution is 14.1. The molecule has 24 heavy (non-hydrogen) atoms. The molecule has 0 atom stereocenters. The number of hydrogen-bond donors (Lipinski definition) is 1. The highest BCUT2D eigenvalue weighted by Crippen LogP contribution is 2.06. The van der Waals surface area contributed by atoms with E-state index in [0.29, 0.717) is 5.56 Å². The zero-order chi connectivity index (χ0) is 17.2. The zero-order valence-corrected chi connectivity index (χ0v) is 15.1. The molecule has 0 saturated heterocycles. The minimum absolute atomic E-state index is 0.334. The van der Waals surface area contributed by atoms with E-state index >= 15 is 0 Å². The van der Waals surface area contributed by atoms with Crippen LogP contribution in [-0.4, -0.2) is 21.0 Å². The molecular formula is C19H17IN2O2. The van der Waals surface area contributed by atoms with Crippen molar-refractivity contribution in [2.24, 2.45) is 0 Å². The summed E-state index contributed by atoms with van der Waals surface area (Å²) in [6.45, 7) is 0. The lowest BCUT2D eigenvalue weighted by molar-refractivity contribution is 0.0697. The largest absolute Gasteiger partial charge is 0.478 e. The molecule has 3 rings (SSSR count). The molecule has 0 aliphatic rings. The normalized spacial score (nSPS) is 9.71. The van der Waals surface area contributed by atoms with Crippen LogP contribution in [0.2, 0.25) is 0 Å². The van der Waals surface area contributed by atoms with E-state index in [0.717, 1.165) is 16.4 Å². The van der Waals surface area contributed by atoms with E-state index in [1.54, 1.807) is 24.3 Å². The molecule has 0 unspecified atom stereocenters. The van der Waals surface area contributed by atoms with Crippen molar-refractivity contribution in [3.8, 4) is 0 Å². The van der Waals surface area contributed by atoms with Gasteiger partial charge in [-0.25, -0.2) is 4.79 Å². The Morgan fingerprint density at radius 3 is 1.58 bits per heavy atom. The lowest BCUT2D eigenvalue weighted by atomic mass is 10.1. The first kappa shape index (κ1) is 18.1. The second-order valence-corrected chi connectivity index (χ2v) is 6.27. The van der Waals surface area contributed by atoms with Crippen molar-refractivity contribution in [2.45, 2.75) is 12.8 Å². The van der Waals surface area contributed by atoms with Crippen molar-refractivity contribution in [3.63, 3.8) is 0 Å². The average molecular weight is 432 g/mol. The highest BCUT2D eigenvalue weighted by atomic mass is 127. The first-order valence-electron chi connectivity index (χ1n) is 7.42. The van der Waals surface area contributed by atoms with E-state index < -0.39 is 5.97 Å². The predicted molar refractivity (Wildman–Crippen MR) is 102 cm³/mol. The molecule has 5 heteroatoms. The third-order valence-corrected chi connectivity index (χ3v) is 4.01. The van der Waals surface area contributed by atoms with Gasteiger partial charge in [-0.05, 0) is 95.1 Å². The number of halogens is 1. The van der Waals surface area contributed by atoms with Gasteiger partial charge in [-0.1, -0.05) is 0 Å². The number of aromatic nitrogens is 2. The smallest absolute Gasteiger partial charge is 0.335 e. The van der Waals surface area contributed by atoms with E-state index in [2.05, 4.69) is 56.8 Å². The van der Waals surface area contributed by atoms with Crippen molar-refractivity contribution in [3.05, 3.63) is 93.6 Å². The minimum atomic E-state index is -0.878. The Bertz CT molecular complexity index is 708. The van der Waals surface area contributed by atoms with Crippen LogP contribution >= 0.6 is 22.6 Å². The molecular weight excluding hydrogens is 415 g/mol. The molecule has 2 heterocycles. The summed E-state index contributed by atoms with van der Waals surface area (Å²) in [5.41, 5.74) is 2.99. The van der Waals surface area contributed by atoms with Gasteiger partial charge in [-0.15, -0.1) is 0 Å². The van der Waals surface area contributed by atoms with Crippen molar-refractivity contribution < 1.29 is 9.90 Å². The summed E-state index contributed by atoms with van der Waals surface area (Å²) < 4.78 is 1.04. The third-order valence-electron chi connectivity index (χ3n) is 3.29. The van der Waals surface area contributed by atoms with Gasteiger partial charge in [0.15, 0.2) is 0 Å². The van der Waals surface area contributed by atoms with E-state index in [-0.39, 0.29) is 0 Å². The monoisotopic (exact) mass is 432 g/mol. The fraction of sp³-hybridized carbons (Fsp3) is 0.105. The number of benzene rings is 1. The zero-order valence-electron chi connectivity index (χ0n) is 13.0. The van der Waals surface area contributed by atoms with Gasteiger partial charge in [0.2, 0.25) is 0 Å². The van der Waals surface area contributed by atoms with Gasteiger partial charge in [0.05, 0.1) is 5.56 Å². The molecule has 0 amide bonds. The topological polar surface area (TPSA) is 63.1 Å². The van der Waals surface area contributed by atoms with Crippen molar-refractivity contribution >= 4 is 28.6 Å². The number of carboxylic acid groups (broad SMARTS) is 1. The Morgan fingerprint density at radius 1 is 0.792 bits per heavy atom. The molecule has 4 nitrogen and oxygen atoms in total. The molecule has 1 aromatic carbocycles. The third kappa shape index (κ3) is 6.45. The van der Waals surface area contributed by atoms with Crippen LogP contribution in [0.4, 0.5) is 0 Å². The summed E-state index contributed by atoms with van der Waals surface area (Å²) in [5, 5.41) is 8.47. The lowest BCUT2D eigenvalue weighted by Gasteiger charge is -2.00. The second-order valence-electron chi connectivity index (χ2n) is 5.02. The predicted octanol–water partition coefficient (Wildman–Crippen LogP) is 4.25. The maximum atomic E-state index is 10.3. The highest BCUT2D eigenvalue weighted by Gasteiger charge is 1.99. The molecule has 0 radical (unpaired) electrons. The fourth-order valence-electron chi connectivity index (χ4n) is 1.98. The van der Waals surface area contributed by atoms with Crippen LogP contribution in [0.3, 0.4) is 0 Å². The van der Waals surface area contributed by atoms with E-state index in [1.807, 2.05) is 24.8 Å². The second kappa shape index (κ2) is 9.77.